The molecule has 5 nitrogen and oxygen atoms in total. The van der Waals surface area contributed by atoms with E-state index in [9.17, 15) is 14.7 Å². The SMILES string of the molecule is CCOc1c(Cl)cccc1CC(=O)N1CCCC(C)(C(=O)O)C1. The van der Waals surface area contributed by atoms with E-state index in [1.807, 2.05) is 13.0 Å². The molecular formula is C17H22ClNO4. The second-order valence-corrected chi connectivity index (χ2v) is 6.53. The van der Waals surface area contributed by atoms with Gasteiger partial charge in [-0.15, -0.1) is 0 Å². The smallest absolute Gasteiger partial charge is 0.311 e. The molecule has 0 aromatic heterocycles. The van der Waals surface area contributed by atoms with Crippen LogP contribution in [-0.4, -0.2) is 41.6 Å². The van der Waals surface area contributed by atoms with Crippen molar-refractivity contribution in [3.63, 3.8) is 0 Å². The average Bonchev–Trinajstić information content (AvgIpc) is 2.50. The number of para-hydroxylation sites is 1. The Morgan fingerprint density at radius 2 is 2.17 bits per heavy atom. The lowest BCUT2D eigenvalue weighted by Gasteiger charge is -2.37. The minimum absolute atomic E-state index is 0.0969. The predicted molar refractivity (Wildman–Crippen MR) is 87.9 cm³/mol. The van der Waals surface area contributed by atoms with E-state index in [0.717, 1.165) is 5.56 Å². The topological polar surface area (TPSA) is 66.8 Å². The lowest BCUT2D eigenvalue weighted by Crippen LogP contribution is -2.48. The summed E-state index contributed by atoms with van der Waals surface area (Å²) < 4.78 is 5.54. The summed E-state index contributed by atoms with van der Waals surface area (Å²) in [4.78, 5) is 25.6. The van der Waals surface area contributed by atoms with Crippen molar-refractivity contribution < 1.29 is 19.4 Å². The molecule has 1 aliphatic rings. The first-order chi connectivity index (χ1) is 10.9. The summed E-state index contributed by atoms with van der Waals surface area (Å²) in [6.07, 6.45) is 1.45. The van der Waals surface area contributed by atoms with E-state index in [1.165, 1.54) is 0 Å². The van der Waals surface area contributed by atoms with Gasteiger partial charge in [-0.3, -0.25) is 9.59 Å². The van der Waals surface area contributed by atoms with Crippen LogP contribution in [0.25, 0.3) is 0 Å². The van der Waals surface area contributed by atoms with Gasteiger partial charge < -0.3 is 14.7 Å². The largest absolute Gasteiger partial charge is 0.492 e. The van der Waals surface area contributed by atoms with Gasteiger partial charge in [0.1, 0.15) is 5.75 Å². The summed E-state index contributed by atoms with van der Waals surface area (Å²) in [7, 11) is 0. The van der Waals surface area contributed by atoms with Gasteiger partial charge in [0.15, 0.2) is 0 Å². The first-order valence-corrected chi connectivity index (χ1v) is 8.16. The van der Waals surface area contributed by atoms with Gasteiger partial charge in [0.2, 0.25) is 5.91 Å². The average molecular weight is 340 g/mol. The molecule has 23 heavy (non-hydrogen) atoms. The number of carbonyl (C=O) groups excluding carboxylic acids is 1. The highest BCUT2D eigenvalue weighted by Gasteiger charge is 2.39. The molecule has 1 unspecified atom stereocenters. The lowest BCUT2D eigenvalue weighted by molar-refractivity contribution is -0.153. The first kappa shape index (κ1) is 17.6. The van der Waals surface area contributed by atoms with Crippen molar-refractivity contribution in [2.45, 2.75) is 33.1 Å². The van der Waals surface area contributed by atoms with Crippen molar-refractivity contribution in [1.82, 2.24) is 4.90 Å². The highest BCUT2D eigenvalue weighted by Crippen LogP contribution is 2.32. The van der Waals surface area contributed by atoms with E-state index in [0.29, 0.717) is 36.8 Å². The Balaban J connectivity index is 2.13. The van der Waals surface area contributed by atoms with Gasteiger partial charge in [0, 0.05) is 18.7 Å². The molecule has 2 rings (SSSR count). The van der Waals surface area contributed by atoms with Crippen molar-refractivity contribution in [3.05, 3.63) is 28.8 Å². The number of carboxylic acid groups (broad SMARTS) is 1. The quantitative estimate of drug-likeness (QED) is 0.895. The Morgan fingerprint density at radius 1 is 1.43 bits per heavy atom. The van der Waals surface area contributed by atoms with E-state index in [4.69, 9.17) is 16.3 Å². The van der Waals surface area contributed by atoms with Crippen molar-refractivity contribution in [2.24, 2.45) is 5.41 Å². The van der Waals surface area contributed by atoms with Crippen LogP contribution >= 0.6 is 11.6 Å². The molecule has 1 heterocycles. The monoisotopic (exact) mass is 339 g/mol. The maximum atomic E-state index is 12.6. The third-order valence-corrected chi connectivity index (χ3v) is 4.54. The Labute approximate surface area is 141 Å². The maximum Gasteiger partial charge on any atom is 0.311 e. The van der Waals surface area contributed by atoms with Gasteiger partial charge in [0.25, 0.3) is 0 Å². The maximum absolute atomic E-state index is 12.6. The fourth-order valence-corrected chi connectivity index (χ4v) is 3.15. The molecule has 0 aliphatic carbocycles. The molecule has 0 saturated carbocycles. The third-order valence-electron chi connectivity index (χ3n) is 4.24. The summed E-state index contributed by atoms with van der Waals surface area (Å²) in [6.45, 7) is 4.85. The van der Waals surface area contributed by atoms with E-state index in [-0.39, 0.29) is 18.9 Å². The van der Waals surface area contributed by atoms with Crippen molar-refractivity contribution >= 4 is 23.5 Å². The number of hydrogen-bond donors (Lipinski definition) is 1. The van der Waals surface area contributed by atoms with Crippen LogP contribution in [-0.2, 0) is 16.0 Å². The molecule has 0 radical (unpaired) electrons. The van der Waals surface area contributed by atoms with Crippen LogP contribution in [0.2, 0.25) is 5.02 Å². The molecule has 1 atom stereocenters. The number of rotatable bonds is 5. The first-order valence-electron chi connectivity index (χ1n) is 7.79. The standard InChI is InChI=1S/C17H22ClNO4/c1-3-23-15-12(6-4-7-13(15)18)10-14(20)19-9-5-8-17(2,11-19)16(21)22/h4,6-7H,3,5,8-11H2,1-2H3,(H,21,22). The zero-order chi connectivity index (χ0) is 17.0. The van der Waals surface area contributed by atoms with Gasteiger partial charge in [0.05, 0.1) is 23.5 Å². The zero-order valence-corrected chi connectivity index (χ0v) is 14.2. The Bertz CT molecular complexity index is 604. The van der Waals surface area contributed by atoms with Crippen LogP contribution in [0.3, 0.4) is 0 Å². The number of carboxylic acids is 1. The van der Waals surface area contributed by atoms with Gasteiger partial charge in [-0.05, 0) is 32.8 Å². The predicted octanol–water partition coefficient (Wildman–Crippen LogP) is 2.99. The van der Waals surface area contributed by atoms with E-state index < -0.39 is 11.4 Å². The molecule has 1 aliphatic heterocycles. The minimum Gasteiger partial charge on any atom is -0.492 e. The van der Waals surface area contributed by atoms with Crippen molar-refractivity contribution in [1.29, 1.82) is 0 Å². The molecule has 1 saturated heterocycles. The van der Waals surface area contributed by atoms with E-state index >= 15 is 0 Å². The molecule has 6 heteroatoms. The molecule has 1 aromatic carbocycles. The fourth-order valence-electron chi connectivity index (χ4n) is 2.90. The summed E-state index contributed by atoms with van der Waals surface area (Å²) >= 11 is 6.14. The lowest BCUT2D eigenvalue weighted by atomic mass is 9.82. The molecular weight excluding hydrogens is 318 g/mol. The van der Waals surface area contributed by atoms with Gasteiger partial charge in [-0.25, -0.2) is 0 Å². The zero-order valence-electron chi connectivity index (χ0n) is 13.5. The Morgan fingerprint density at radius 3 is 2.83 bits per heavy atom. The number of aliphatic carboxylic acids is 1. The van der Waals surface area contributed by atoms with Crippen LogP contribution in [0, 0.1) is 5.41 Å². The van der Waals surface area contributed by atoms with E-state index in [2.05, 4.69) is 0 Å². The van der Waals surface area contributed by atoms with Crippen LogP contribution in [0.15, 0.2) is 18.2 Å². The highest BCUT2D eigenvalue weighted by molar-refractivity contribution is 6.32. The van der Waals surface area contributed by atoms with Crippen LogP contribution < -0.4 is 4.74 Å². The Kier molecular flexibility index (Phi) is 5.52. The number of carbonyl (C=O) groups is 2. The van der Waals surface area contributed by atoms with Crippen LogP contribution in [0.1, 0.15) is 32.3 Å². The molecule has 126 valence electrons. The minimum atomic E-state index is -0.870. The summed E-state index contributed by atoms with van der Waals surface area (Å²) in [5, 5.41) is 9.84. The highest BCUT2D eigenvalue weighted by atomic mass is 35.5. The molecule has 1 N–H and O–H groups in total. The van der Waals surface area contributed by atoms with Crippen molar-refractivity contribution in [2.75, 3.05) is 19.7 Å². The number of amides is 1. The number of ether oxygens (including phenoxy) is 1. The van der Waals surface area contributed by atoms with Crippen LogP contribution in [0.5, 0.6) is 5.75 Å². The molecule has 1 fully saturated rings. The van der Waals surface area contributed by atoms with Gasteiger partial charge >= 0.3 is 5.97 Å². The number of piperidine rings is 1. The Hall–Kier alpha value is -1.75. The molecule has 1 aromatic rings. The molecule has 0 bridgehead atoms. The van der Waals surface area contributed by atoms with Crippen molar-refractivity contribution in [3.8, 4) is 5.75 Å². The van der Waals surface area contributed by atoms with Gasteiger partial charge in [-0.1, -0.05) is 23.7 Å². The molecule has 1 amide bonds. The summed E-state index contributed by atoms with van der Waals surface area (Å²) in [5.41, 5.74) is -0.141. The molecule has 0 spiro atoms. The number of nitrogens with zero attached hydrogens (tertiary/aromatic N) is 1. The van der Waals surface area contributed by atoms with E-state index in [1.54, 1.807) is 24.0 Å². The number of halogens is 1. The summed E-state index contributed by atoms with van der Waals surface area (Å²) in [6, 6.07) is 5.32. The fraction of sp³-hybridized carbons (Fsp3) is 0.529. The van der Waals surface area contributed by atoms with Gasteiger partial charge in [-0.2, -0.15) is 0 Å². The van der Waals surface area contributed by atoms with Crippen LogP contribution in [0.4, 0.5) is 0 Å². The number of hydrogen-bond acceptors (Lipinski definition) is 3. The number of likely N-dealkylation sites (tertiary alicyclic amines) is 1. The third kappa shape index (κ3) is 3.96. The summed E-state index contributed by atoms with van der Waals surface area (Å²) in [5.74, 6) is -0.420. The second kappa shape index (κ2) is 7.21. The second-order valence-electron chi connectivity index (χ2n) is 6.12. The number of benzene rings is 1. The normalized spacial score (nSPS) is 21.1.